The maximum atomic E-state index is 13.3. The summed E-state index contributed by atoms with van der Waals surface area (Å²) in [6, 6.07) is 14.9. The Morgan fingerprint density at radius 3 is 2.08 bits per heavy atom. The van der Waals surface area contributed by atoms with Gasteiger partial charge in [0.05, 0.1) is 0 Å². The maximum Gasteiger partial charge on any atom is 0.283 e. The molecule has 1 fully saturated rings. The van der Waals surface area contributed by atoms with Crippen LogP contribution in [-0.2, 0) is 17.0 Å². The summed E-state index contributed by atoms with van der Waals surface area (Å²) >= 11 is 0. The Kier molecular flexibility index (Phi) is 6.00. The number of likely N-dealkylation sites (tertiary alicyclic amines) is 1. The largest absolute Gasteiger partial charge is 0.345 e. The van der Waals surface area contributed by atoms with E-state index in [9.17, 15) is 13.6 Å². The molecular weight excluding hydrogens is 353 g/mol. The van der Waals surface area contributed by atoms with Crippen LogP contribution in [-0.4, -0.2) is 30.4 Å². The first-order valence-electron chi connectivity index (χ1n) is 8.75. The zero-order valence-corrected chi connectivity index (χ0v) is 15.7. The standard InChI is InChI=1S/C20H23F2N2OP/c21-20(22,26)18-7-5-17(6-8-18)16-3-1-15(2-4-16)13-23-19-9-11-24(14-25)12-10-19/h1-8,14,19,23H,9-13,26H2. The fourth-order valence-corrected chi connectivity index (χ4v) is 3.36. The van der Waals surface area contributed by atoms with Gasteiger partial charge >= 0.3 is 0 Å². The van der Waals surface area contributed by atoms with E-state index >= 15 is 0 Å². The monoisotopic (exact) mass is 376 g/mol. The van der Waals surface area contributed by atoms with Gasteiger partial charge in [0.25, 0.3) is 5.66 Å². The van der Waals surface area contributed by atoms with E-state index in [-0.39, 0.29) is 5.56 Å². The lowest BCUT2D eigenvalue weighted by atomic mass is 10.0. The molecule has 2 aromatic rings. The summed E-state index contributed by atoms with van der Waals surface area (Å²) in [5.41, 5.74) is 0.207. The van der Waals surface area contributed by atoms with Gasteiger partial charge in [-0.2, -0.15) is 8.78 Å². The second kappa shape index (κ2) is 8.24. The number of hydrogen-bond donors (Lipinski definition) is 1. The zero-order valence-electron chi connectivity index (χ0n) is 14.5. The van der Waals surface area contributed by atoms with Crippen LogP contribution in [0.2, 0.25) is 0 Å². The van der Waals surface area contributed by atoms with E-state index < -0.39 is 5.66 Å². The van der Waals surface area contributed by atoms with Crippen molar-refractivity contribution in [3.8, 4) is 11.1 Å². The van der Waals surface area contributed by atoms with E-state index in [1.807, 2.05) is 17.0 Å². The van der Waals surface area contributed by atoms with Gasteiger partial charge in [-0.25, -0.2) is 0 Å². The van der Waals surface area contributed by atoms with Crippen molar-refractivity contribution < 1.29 is 13.6 Å². The minimum absolute atomic E-state index is 0.00676. The third-order valence-corrected chi connectivity index (χ3v) is 5.16. The van der Waals surface area contributed by atoms with Crippen molar-refractivity contribution in [2.45, 2.75) is 31.1 Å². The molecule has 138 valence electrons. The van der Waals surface area contributed by atoms with Gasteiger partial charge in [-0.3, -0.25) is 4.79 Å². The predicted octanol–water partition coefficient (Wildman–Crippen LogP) is 3.99. The Morgan fingerprint density at radius 2 is 1.58 bits per heavy atom. The van der Waals surface area contributed by atoms with Crippen LogP contribution in [0.4, 0.5) is 8.78 Å². The summed E-state index contributed by atoms with van der Waals surface area (Å²) in [7, 11) is 1.56. The fraction of sp³-hybridized carbons (Fsp3) is 0.350. The summed E-state index contributed by atoms with van der Waals surface area (Å²) in [5.74, 6) is 0. The van der Waals surface area contributed by atoms with Crippen molar-refractivity contribution in [2.75, 3.05) is 13.1 Å². The number of nitrogens with zero attached hydrogens (tertiary/aromatic N) is 1. The molecule has 0 aliphatic carbocycles. The highest BCUT2D eigenvalue weighted by atomic mass is 31.0. The molecule has 1 aliphatic heterocycles. The average molecular weight is 376 g/mol. The van der Waals surface area contributed by atoms with Crippen LogP contribution in [0.3, 0.4) is 0 Å². The van der Waals surface area contributed by atoms with Crippen LogP contribution in [0.25, 0.3) is 11.1 Å². The molecule has 1 atom stereocenters. The second-order valence-corrected chi connectivity index (χ2v) is 7.42. The van der Waals surface area contributed by atoms with E-state index in [1.165, 1.54) is 17.7 Å². The van der Waals surface area contributed by atoms with E-state index in [1.54, 1.807) is 21.4 Å². The predicted molar refractivity (Wildman–Crippen MR) is 103 cm³/mol. The highest BCUT2D eigenvalue weighted by Crippen LogP contribution is 2.35. The van der Waals surface area contributed by atoms with E-state index in [4.69, 9.17) is 0 Å². The molecule has 1 amide bonds. The van der Waals surface area contributed by atoms with Crippen LogP contribution in [0.5, 0.6) is 0 Å². The first-order valence-corrected chi connectivity index (χ1v) is 9.33. The second-order valence-electron chi connectivity index (χ2n) is 6.69. The van der Waals surface area contributed by atoms with Gasteiger partial charge in [0.2, 0.25) is 6.41 Å². The molecule has 0 saturated carbocycles. The Bertz CT molecular complexity index is 721. The van der Waals surface area contributed by atoms with Gasteiger partial charge in [-0.1, -0.05) is 57.8 Å². The molecular formula is C20H23F2N2OP. The number of alkyl halides is 2. The number of halogens is 2. The lowest BCUT2D eigenvalue weighted by Crippen LogP contribution is -2.41. The lowest BCUT2D eigenvalue weighted by Gasteiger charge is -2.29. The quantitative estimate of drug-likeness (QED) is 0.611. The Labute approximate surface area is 155 Å². The number of nitrogens with one attached hydrogen (secondary N) is 1. The Balaban J connectivity index is 1.56. The van der Waals surface area contributed by atoms with Crippen LogP contribution < -0.4 is 5.32 Å². The number of piperidine rings is 1. The Morgan fingerprint density at radius 1 is 1.04 bits per heavy atom. The van der Waals surface area contributed by atoms with Crippen LogP contribution >= 0.6 is 9.24 Å². The number of benzene rings is 2. The van der Waals surface area contributed by atoms with Gasteiger partial charge in [0.15, 0.2) is 0 Å². The molecule has 6 heteroatoms. The zero-order chi connectivity index (χ0) is 18.6. The van der Waals surface area contributed by atoms with Crippen molar-refractivity contribution in [3.63, 3.8) is 0 Å². The van der Waals surface area contributed by atoms with Crippen LogP contribution in [0, 0.1) is 0 Å². The molecule has 2 aromatic carbocycles. The van der Waals surface area contributed by atoms with Gasteiger partial charge in [-0.15, -0.1) is 0 Å². The highest BCUT2D eigenvalue weighted by Gasteiger charge is 2.23. The fourth-order valence-electron chi connectivity index (χ4n) is 3.17. The van der Waals surface area contributed by atoms with E-state index in [2.05, 4.69) is 17.4 Å². The normalized spacial score (nSPS) is 15.9. The summed E-state index contributed by atoms with van der Waals surface area (Å²) in [6.45, 7) is 2.40. The van der Waals surface area contributed by atoms with Crippen molar-refractivity contribution in [2.24, 2.45) is 0 Å². The molecule has 1 aliphatic rings. The minimum Gasteiger partial charge on any atom is -0.345 e. The number of hydrogen-bond acceptors (Lipinski definition) is 2. The van der Waals surface area contributed by atoms with E-state index in [0.717, 1.165) is 50.0 Å². The summed E-state index contributed by atoms with van der Waals surface area (Å²) < 4.78 is 26.5. The molecule has 1 saturated heterocycles. The molecule has 1 heterocycles. The van der Waals surface area contributed by atoms with E-state index in [0.29, 0.717) is 6.04 Å². The molecule has 3 rings (SSSR count). The van der Waals surface area contributed by atoms with Crippen molar-refractivity contribution in [1.82, 2.24) is 10.2 Å². The minimum atomic E-state index is -2.89. The maximum absolute atomic E-state index is 13.3. The first-order chi connectivity index (χ1) is 12.5. The van der Waals surface area contributed by atoms with Gasteiger partial charge < -0.3 is 10.2 Å². The molecule has 0 aromatic heterocycles. The SMILES string of the molecule is O=CN1CCC(NCc2ccc(-c3ccc(C(F)(F)P)cc3)cc2)CC1. The van der Waals surface area contributed by atoms with Crippen molar-refractivity contribution in [1.29, 1.82) is 0 Å². The van der Waals surface area contributed by atoms with Gasteiger partial charge in [-0.05, 0) is 29.5 Å². The van der Waals surface area contributed by atoms with Crippen molar-refractivity contribution >= 4 is 15.6 Å². The molecule has 1 unspecified atom stereocenters. The lowest BCUT2D eigenvalue weighted by molar-refractivity contribution is -0.119. The highest BCUT2D eigenvalue weighted by molar-refractivity contribution is 7.17. The third kappa shape index (κ3) is 4.87. The topological polar surface area (TPSA) is 32.3 Å². The number of amides is 1. The summed E-state index contributed by atoms with van der Waals surface area (Å²) in [6.07, 6.45) is 2.87. The summed E-state index contributed by atoms with van der Waals surface area (Å²) in [5, 5.41) is 3.54. The molecule has 0 bridgehead atoms. The third-order valence-electron chi connectivity index (χ3n) is 4.83. The summed E-state index contributed by atoms with van der Waals surface area (Å²) in [4.78, 5) is 12.5. The van der Waals surface area contributed by atoms with Gasteiger partial charge in [0, 0.05) is 31.2 Å². The van der Waals surface area contributed by atoms with Crippen molar-refractivity contribution in [3.05, 3.63) is 59.7 Å². The number of rotatable bonds is 6. The van der Waals surface area contributed by atoms with Crippen LogP contribution in [0.15, 0.2) is 48.5 Å². The van der Waals surface area contributed by atoms with Crippen LogP contribution in [0.1, 0.15) is 24.0 Å². The molecule has 3 nitrogen and oxygen atoms in total. The van der Waals surface area contributed by atoms with Gasteiger partial charge in [0.1, 0.15) is 0 Å². The number of carbonyl (C=O) groups excluding carboxylic acids is 1. The Hall–Kier alpha value is -1.84. The first kappa shape index (κ1) is 18.9. The molecule has 1 N–H and O–H groups in total. The smallest absolute Gasteiger partial charge is 0.283 e. The molecule has 0 spiro atoms. The molecule has 26 heavy (non-hydrogen) atoms. The average Bonchev–Trinajstić information content (AvgIpc) is 2.66. The number of carbonyl (C=O) groups is 1. The molecule has 0 radical (unpaired) electrons.